The zero-order valence-corrected chi connectivity index (χ0v) is 4.75. The highest BCUT2D eigenvalue weighted by atomic mass is 16.3. The van der Waals surface area contributed by atoms with Crippen molar-refractivity contribution in [2.75, 3.05) is 0 Å². The number of rotatable bonds is 0. The minimum Gasteiger partial charge on any atom is -0.393 e. The average Bonchev–Trinajstić information content (AvgIpc) is 2.29. The van der Waals surface area contributed by atoms with Gasteiger partial charge >= 0.3 is 0 Å². The van der Waals surface area contributed by atoms with Gasteiger partial charge in [-0.3, -0.25) is 0 Å². The van der Waals surface area contributed by atoms with Crippen molar-refractivity contribution >= 4 is 0 Å². The van der Waals surface area contributed by atoms with E-state index in [9.17, 15) is 0 Å². The summed E-state index contributed by atoms with van der Waals surface area (Å²) >= 11 is 0. The first-order chi connectivity index (χ1) is 3.79. The molecule has 2 rings (SSSR count). The van der Waals surface area contributed by atoms with Gasteiger partial charge in [-0.05, 0) is 24.7 Å². The fourth-order valence-corrected chi connectivity index (χ4v) is 1.86. The van der Waals surface area contributed by atoms with Gasteiger partial charge in [0, 0.05) is 6.04 Å². The lowest BCUT2D eigenvalue weighted by atomic mass is 10.2. The van der Waals surface area contributed by atoms with Crippen LogP contribution in [0.15, 0.2) is 0 Å². The van der Waals surface area contributed by atoms with Gasteiger partial charge in [0.2, 0.25) is 0 Å². The number of hydrogen-bond acceptors (Lipinski definition) is 2. The Morgan fingerprint density at radius 3 is 2.12 bits per heavy atom. The molecule has 2 aliphatic rings. The quantitative estimate of drug-likeness (QED) is 0.453. The lowest BCUT2D eigenvalue weighted by Crippen LogP contribution is -2.13. The first-order valence-electron chi connectivity index (χ1n) is 3.22. The van der Waals surface area contributed by atoms with Crippen molar-refractivity contribution in [1.29, 1.82) is 0 Å². The number of aliphatic hydroxyl groups is 1. The summed E-state index contributed by atoms with van der Waals surface area (Å²) in [5, 5.41) is 8.99. The second-order valence-electron chi connectivity index (χ2n) is 3.03. The second kappa shape index (κ2) is 1.25. The summed E-state index contributed by atoms with van der Waals surface area (Å²) in [5.41, 5.74) is 5.62. The molecule has 2 fully saturated rings. The van der Waals surface area contributed by atoms with Crippen molar-refractivity contribution in [1.82, 2.24) is 0 Å². The summed E-state index contributed by atoms with van der Waals surface area (Å²) in [6.07, 6.45) is 1.90. The first-order valence-corrected chi connectivity index (χ1v) is 3.22. The molecule has 0 radical (unpaired) electrons. The monoisotopic (exact) mass is 113 g/mol. The van der Waals surface area contributed by atoms with E-state index in [0.29, 0.717) is 17.9 Å². The van der Waals surface area contributed by atoms with E-state index in [2.05, 4.69) is 0 Å². The van der Waals surface area contributed by atoms with Gasteiger partial charge in [0.05, 0.1) is 6.10 Å². The normalized spacial score (nSPS) is 60.8. The third kappa shape index (κ3) is 0.446. The zero-order chi connectivity index (χ0) is 5.72. The summed E-state index contributed by atoms with van der Waals surface area (Å²) in [6, 6.07) is 0.443. The fourth-order valence-electron chi connectivity index (χ4n) is 1.86. The maximum Gasteiger partial charge on any atom is 0.0547 e. The third-order valence-electron chi connectivity index (χ3n) is 2.49. The van der Waals surface area contributed by atoms with Crippen molar-refractivity contribution in [3.63, 3.8) is 0 Å². The standard InChI is InChI=1S/C6H11NO/c7-6-4-1-3(8)2-5(4)6/h3-6,8H,1-2,7H2/t3?,4-,5+,6-. The molecule has 0 saturated heterocycles. The van der Waals surface area contributed by atoms with E-state index in [1.165, 1.54) is 0 Å². The maximum atomic E-state index is 8.99. The van der Waals surface area contributed by atoms with Crippen LogP contribution < -0.4 is 5.73 Å². The molecule has 0 bridgehead atoms. The van der Waals surface area contributed by atoms with E-state index < -0.39 is 0 Å². The molecule has 0 aromatic heterocycles. The predicted molar refractivity (Wildman–Crippen MR) is 30.2 cm³/mol. The SMILES string of the molecule is N[C@H]1[C@H]2CC(O)C[C@@H]12. The smallest absolute Gasteiger partial charge is 0.0547 e. The molecular formula is C6H11NO. The molecule has 46 valence electrons. The molecule has 2 heteroatoms. The molecule has 0 spiro atoms. The molecule has 2 nitrogen and oxygen atoms in total. The second-order valence-corrected chi connectivity index (χ2v) is 3.03. The topological polar surface area (TPSA) is 46.2 Å². The number of hydrogen-bond donors (Lipinski definition) is 2. The maximum absolute atomic E-state index is 8.99. The molecule has 0 amide bonds. The highest BCUT2D eigenvalue weighted by Gasteiger charge is 2.53. The predicted octanol–water partition coefficient (Wildman–Crippen LogP) is -0.286. The Labute approximate surface area is 48.7 Å². The van der Waals surface area contributed by atoms with Crippen LogP contribution in [0.1, 0.15) is 12.8 Å². The highest BCUT2D eigenvalue weighted by molar-refractivity contribution is 5.07. The van der Waals surface area contributed by atoms with Crippen molar-refractivity contribution in [3.8, 4) is 0 Å². The van der Waals surface area contributed by atoms with Gasteiger partial charge in [-0.15, -0.1) is 0 Å². The zero-order valence-electron chi connectivity index (χ0n) is 4.75. The van der Waals surface area contributed by atoms with Gasteiger partial charge in [0.1, 0.15) is 0 Å². The van der Waals surface area contributed by atoms with Gasteiger partial charge in [0.15, 0.2) is 0 Å². The minimum absolute atomic E-state index is 0.0233. The van der Waals surface area contributed by atoms with Gasteiger partial charge in [0.25, 0.3) is 0 Å². The van der Waals surface area contributed by atoms with Gasteiger partial charge in [-0.1, -0.05) is 0 Å². The van der Waals surface area contributed by atoms with Crippen molar-refractivity contribution in [3.05, 3.63) is 0 Å². The summed E-state index contributed by atoms with van der Waals surface area (Å²) in [6.45, 7) is 0. The largest absolute Gasteiger partial charge is 0.393 e. The van der Waals surface area contributed by atoms with E-state index in [0.717, 1.165) is 12.8 Å². The summed E-state index contributed by atoms with van der Waals surface area (Å²) in [5.74, 6) is 1.37. The van der Waals surface area contributed by atoms with E-state index in [-0.39, 0.29) is 6.10 Å². The van der Waals surface area contributed by atoms with E-state index in [1.54, 1.807) is 0 Å². The molecular weight excluding hydrogens is 102 g/mol. The van der Waals surface area contributed by atoms with Crippen molar-refractivity contribution in [2.45, 2.75) is 25.0 Å². The molecule has 1 unspecified atom stereocenters. The Morgan fingerprint density at radius 2 is 1.75 bits per heavy atom. The molecule has 0 aromatic rings. The minimum atomic E-state index is -0.0233. The van der Waals surface area contributed by atoms with Crippen molar-refractivity contribution in [2.24, 2.45) is 17.6 Å². The lowest BCUT2D eigenvalue weighted by molar-refractivity contribution is 0.165. The van der Waals surface area contributed by atoms with Crippen LogP contribution in [0.25, 0.3) is 0 Å². The molecule has 4 atom stereocenters. The van der Waals surface area contributed by atoms with E-state index in [4.69, 9.17) is 10.8 Å². The summed E-state index contributed by atoms with van der Waals surface area (Å²) < 4.78 is 0. The molecule has 0 heterocycles. The number of aliphatic hydroxyl groups excluding tert-OH is 1. The van der Waals surface area contributed by atoms with Gasteiger partial charge < -0.3 is 10.8 Å². The number of nitrogens with two attached hydrogens (primary N) is 1. The Bertz CT molecular complexity index is 103. The summed E-state index contributed by atoms with van der Waals surface area (Å²) in [4.78, 5) is 0. The van der Waals surface area contributed by atoms with Crippen LogP contribution >= 0.6 is 0 Å². The molecule has 0 aromatic carbocycles. The van der Waals surface area contributed by atoms with Crippen LogP contribution in [-0.4, -0.2) is 17.3 Å². The molecule has 8 heavy (non-hydrogen) atoms. The lowest BCUT2D eigenvalue weighted by Gasteiger charge is -2.02. The Kier molecular flexibility index (Phi) is 0.746. The highest BCUT2D eigenvalue weighted by Crippen LogP contribution is 2.50. The third-order valence-corrected chi connectivity index (χ3v) is 2.49. The average molecular weight is 113 g/mol. The van der Waals surface area contributed by atoms with Gasteiger partial charge in [-0.2, -0.15) is 0 Å². The van der Waals surface area contributed by atoms with Crippen molar-refractivity contribution < 1.29 is 5.11 Å². The fraction of sp³-hybridized carbons (Fsp3) is 1.00. The van der Waals surface area contributed by atoms with E-state index in [1.807, 2.05) is 0 Å². The molecule has 2 saturated carbocycles. The molecule has 3 N–H and O–H groups in total. The van der Waals surface area contributed by atoms with Gasteiger partial charge in [-0.25, -0.2) is 0 Å². The molecule has 2 aliphatic carbocycles. The first kappa shape index (κ1) is 4.77. The molecule has 0 aliphatic heterocycles. The Hall–Kier alpha value is -0.0800. The van der Waals surface area contributed by atoms with Crippen LogP contribution in [0.5, 0.6) is 0 Å². The van der Waals surface area contributed by atoms with Crippen LogP contribution in [0.4, 0.5) is 0 Å². The van der Waals surface area contributed by atoms with Crippen LogP contribution in [0, 0.1) is 11.8 Å². The summed E-state index contributed by atoms with van der Waals surface area (Å²) in [7, 11) is 0. The number of fused-ring (bicyclic) bond motifs is 1. The Morgan fingerprint density at radius 1 is 1.25 bits per heavy atom. The van der Waals surface area contributed by atoms with Crippen LogP contribution in [0.2, 0.25) is 0 Å². The van der Waals surface area contributed by atoms with Crippen LogP contribution in [0.3, 0.4) is 0 Å². The van der Waals surface area contributed by atoms with Crippen LogP contribution in [-0.2, 0) is 0 Å². The van der Waals surface area contributed by atoms with E-state index >= 15 is 0 Å². The Balaban J connectivity index is 2.00.